The van der Waals surface area contributed by atoms with Gasteiger partial charge in [0, 0.05) is 31.4 Å². The lowest BCUT2D eigenvalue weighted by atomic mass is 10.0. The molecule has 3 rings (SSSR count). The van der Waals surface area contributed by atoms with Gasteiger partial charge in [-0.2, -0.15) is 0 Å². The van der Waals surface area contributed by atoms with Crippen molar-refractivity contribution in [3.63, 3.8) is 0 Å². The van der Waals surface area contributed by atoms with Gasteiger partial charge in [-0.25, -0.2) is 13.6 Å². The predicted molar refractivity (Wildman–Crippen MR) is 105 cm³/mol. The number of hydrogen-bond donors (Lipinski definition) is 2. The third-order valence-electron chi connectivity index (χ3n) is 4.69. The summed E-state index contributed by atoms with van der Waals surface area (Å²) in [5, 5.41) is 7.91. The number of rotatable bonds is 5. The van der Waals surface area contributed by atoms with Crippen LogP contribution < -0.4 is 10.5 Å². The topological polar surface area (TPSA) is 95.7 Å². The summed E-state index contributed by atoms with van der Waals surface area (Å²) in [7, 11) is -1.66. The third-order valence-corrected chi connectivity index (χ3v) is 5.62. The van der Waals surface area contributed by atoms with Gasteiger partial charge in [-0.05, 0) is 36.9 Å². The zero-order chi connectivity index (χ0) is 19.4. The molecule has 0 saturated carbocycles. The van der Waals surface area contributed by atoms with Crippen molar-refractivity contribution in [3.05, 3.63) is 60.2 Å². The van der Waals surface area contributed by atoms with Crippen LogP contribution in [-0.4, -0.2) is 57.4 Å². The molecule has 1 amide bonds. The van der Waals surface area contributed by atoms with Gasteiger partial charge >= 0.3 is 0 Å². The van der Waals surface area contributed by atoms with Crippen LogP contribution in [-0.2, 0) is 14.8 Å². The zero-order valence-corrected chi connectivity index (χ0v) is 16.0. The lowest BCUT2D eigenvalue weighted by Crippen LogP contribution is -2.49. The SMILES string of the molecule is CN1CCN(CC(=O)Nc2ccc(S(N)(=O)=O)cc2)C(c2ccccc2)C1. The zero-order valence-electron chi connectivity index (χ0n) is 15.2. The van der Waals surface area contributed by atoms with Gasteiger partial charge in [0.25, 0.3) is 0 Å². The number of benzene rings is 2. The number of anilines is 1. The number of amides is 1. The Morgan fingerprint density at radius 1 is 1.11 bits per heavy atom. The maximum Gasteiger partial charge on any atom is 0.238 e. The molecule has 1 unspecified atom stereocenters. The molecule has 3 N–H and O–H groups in total. The van der Waals surface area contributed by atoms with Crippen LogP contribution >= 0.6 is 0 Å². The molecule has 0 aliphatic carbocycles. The normalized spacial score (nSPS) is 19.0. The predicted octanol–water partition coefficient (Wildman–Crippen LogP) is 1.26. The average molecular weight is 388 g/mol. The first kappa shape index (κ1) is 19.5. The maximum absolute atomic E-state index is 12.5. The van der Waals surface area contributed by atoms with E-state index in [-0.39, 0.29) is 23.4 Å². The van der Waals surface area contributed by atoms with Crippen LogP contribution in [0, 0.1) is 0 Å². The van der Waals surface area contributed by atoms with Gasteiger partial charge in [-0.3, -0.25) is 9.69 Å². The van der Waals surface area contributed by atoms with E-state index in [1.54, 1.807) is 0 Å². The molecule has 8 heteroatoms. The van der Waals surface area contributed by atoms with Crippen LogP contribution in [0.2, 0.25) is 0 Å². The molecule has 144 valence electrons. The molecule has 7 nitrogen and oxygen atoms in total. The first-order valence-electron chi connectivity index (χ1n) is 8.73. The molecule has 2 aromatic rings. The minimum atomic E-state index is -3.74. The number of nitrogens with two attached hydrogens (primary N) is 1. The Hall–Kier alpha value is -2.26. The second-order valence-corrected chi connectivity index (χ2v) is 8.34. The fourth-order valence-electron chi connectivity index (χ4n) is 3.25. The van der Waals surface area contributed by atoms with Crippen molar-refractivity contribution in [3.8, 4) is 0 Å². The molecule has 1 aliphatic heterocycles. The summed E-state index contributed by atoms with van der Waals surface area (Å²) in [4.78, 5) is 17.0. The van der Waals surface area contributed by atoms with Gasteiger partial charge in [0.05, 0.1) is 11.4 Å². The number of nitrogens with one attached hydrogen (secondary N) is 1. The third kappa shape index (κ3) is 5.14. The van der Waals surface area contributed by atoms with Gasteiger partial charge in [0.15, 0.2) is 0 Å². The van der Waals surface area contributed by atoms with Crippen LogP contribution in [0.5, 0.6) is 0 Å². The number of sulfonamides is 1. The van der Waals surface area contributed by atoms with E-state index in [0.29, 0.717) is 5.69 Å². The second kappa shape index (κ2) is 8.18. The number of hydrogen-bond acceptors (Lipinski definition) is 5. The van der Waals surface area contributed by atoms with E-state index in [4.69, 9.17) is 5.14 Å². The molecule has 1 saturated heterocycles. The van der Waals surface area contributed by atoms with Gasteiger partial charge in [0.2, 0.25) is 15.9 Å². The van der Waals surface area contributed by atoms with Gasteiger partial charge in [0.1, 0.15) is 0 Å². The van der Waals surface area contributed by atoms with E-state index in [0.717, 1.165) is 19.6 Å². The van der Waals surface area contributed by atoms with Gasteiger partial charge in [-0.15, -0.1) is 0 Å². The van der Waals surface area contributed by atoms with Crippen molar-refractivity contribution >= 4 is 21.6 Å². The van der Waals surface area contributed by atoms with E-state index in [9.17, 15) is 13.2 Å². The molecule has 0 spiro atoms. The summed E-state index contributed by atoms with van der Waals surface area (Å²) >= 11 is 0. The Balaban J connectivity index is 1.67. The number of carbonyl (C=O) groups excluding carboxylic acids is 1. The molecule has 0 aromatic heterocycles. The fraction of sp³-hybridized carbons (Fsp3) is 0.316. The standard InChI is InChI=1S/C19H24N4O3S/c1-22-11-12-23(18(13-22)15-5-3-2-4-6-15)14-19(24)21-16-7-9-17(10-8-16)27(20,25)26/h2-10,18H,11-14H2,1H3,(H,21,24)(H2,20,25,26). The molecule has 1 heterocycles. The average Bonchev–Trinajstić information content (AvgIpc) is 2.63. The van der Waals surface area contributed by atoms with E-state index >= 15 is 0 Å². The number of nitrogens with zero attached hydrogens (tertiary/aromatic N) is 2. The van der Waals surface area contributed by atoms with Gasteiger partial charge in [-0.1, -0.05) is 30.3 Å². The van der Waals surface area contributed by atoms with Crippen molar-refractivity contribution in [2.75, 3.05) is 38.5 Å². The van der Waals surface area contributed by atoms with E-state index in [1.165, 1.54) is 29.8 Å². The van der Waals surface area contributed by atoms with Crippen LogP contribution in [0.15, 0.2) is 59.5 Å². The Bertz CT molecular complexity index is 885. The summed E-state index contributed by atoms with van der Waals surface area (Å²) in [6, 6.07) is 16.2. The Morgan fingerprint density at radius 2 is 1.78 bits per heavy atom. The highest BCUT2D eigenvalue weighted by Gasteiger charge is 2.27. The highest BCUT2D eigenvalue weighted by atomic mass is 32.2. The highest BCUT2D eigenvalue weighted by molar-refractivity contribution is 7.89. The van der Waals surface area contributed by atoms with Crippen molar-refractivity contribution < 1.29 is 13.2 Å². The van der Waals surface area contributed by atoms with Gasteiger partial charge < -0.3 is 10.2 Å². The molecule has 2 aromatic carbocycles. The number of carbonyl (C=O) groups is 1. The molecule has 0 bridgehead atoms. The van der Waals surface area contributed by atoms with E-state index in [1.807, 2.05) is 18.2 Å². The quantitative estimate of drug-likeness (QED) is 0.804. The maximum atomic E-state index is 12.5. The van der Waals surface area contributed by atoms with Crippen LogP contribution in [0.4, 0.5) is 5.69 Å². The van der Waals surface area contributed by atoms with Crippen LogP contribution in [0.25, 0.3) is 0 Å². The lowest BCUT2D eigenvalue weighted by molar-refractivity contribution is -0.118. The molecule has 1 fully saturated rings. The van der Waals surface area contributed by atoms with Crippen molar-refractivity contribution in [1.29, 1.82) is 0 Å². The molecule has 27 heavy (non-hydrogen) atoms. The first-order valence-corrected chi connectivity index (χ1v) is 10.3. The van der Waals surface area contributed by atoms with Crippen molar-refractivity contribution in [2.45, 2.75) is 10.9 Å². The first-order chi connectivity index (χ1) is 12.8. The smallest absolute Gasteiger partial charge is 0.238 e. The highest BCUT2D eigenvalue weighted by Crippen LogP contribution is 2.24. The number of likely N-dealkylation sites (N-methyl/N-ethyl adjacent to an activating group) is 1. The van der Waals surface area contributed by atoms with E-state index in [2.05, 4.69) is 34.3 Å². The van der Waals surface area contributed by atoms with E-state index < -0.39 is 10.0 Å². The molecule has 0 radical (unpaired) electrons. The van der Waals surface area contributed by atoms with Crippen LogP contribution in [0.3, 0.4) is 0 Å². The number of primary sulfonamides is 1. The minimum Gasteiger partial charge on any atom is -0.325 e. The summed E-state index contributed by atoms with van der Waals surface area (Å²) in [5.41, 5.74) is 1.73. The Morgan fingerprint density at radius 3 is 2.41 bits per heavy atom. The van der Waals surface area contributed by atoms with Crippen molar-refractivity contribution in [1.82, 2.24) is 9.80 Å². The lowest BCUT2D eigenvalue weighted by Gasteiger charge is -2.39. The molecule has 1 atom stereocenters. The second-order valence-electron chi connectivity index (χ2n) is 6.78. The Labute approximate surface area is 159 Å². The van der Waals surface area contributed by atoms with Crippen LogP contribution in [0.1, 0.15) is 11.6 Å². The largest absolute Gasteiger partial charge is 0.325 e. The summed E-state index contributed by atoms with van der Waals surface area (Å²) < 4.78 is 22.6. The minimum absolute atomic E-state index is 0.0173. The fourth-order valence-corrected chi connectivity index (χ4v) is 3.77. The molecule has 1 aliphatic rings. The summed E-state index contributed by atoms with van der Waals surface area (Å²) in [6.07, 6.45) is 0. The summed E-state index contributed by atoms with van der Waals surface area (Å²) in [6.45, 7) is 2.83. The number of piperazine rings is 1. The Kier molecular flexibility index (Phi) is 5.91. The van der Waals surface area contributed by atoms with Crippen molar-refractivity contribution in [2.24, 2.45) is 5.14 Å². The molecular formula is C19H24N4O3S. The molecular weight excluding hydrogens is 364 g/mol. The monoisotopic (exact) mass is 388 g/mol. The summed E-state index contributed by atoms with van der Waals surface area (Å²) in [5.74, 6) is -0.135.